The zero-order valence-electron chi connectivity index (χ0n) is 13.5. The van der Waals surface area contributed by atoms with Crippen LogP contribution >= 0.6 is 0 Å². The number of rotatable bonds is 5. The highest BCUT2D eigenvalue weighted by molar-refractivity contribution is 5.45. The van der Waals surface area contributed by atoms with Crippen molar-refractivity contribution in [1.29, 1.82) is 0 Å². The highest BCUT2D eigenvalue weighted by Gasteiger charge is 2.18. The molecule has 0 radical (unpaired) electrons. The second-order valence-electron chi connectivity index (χ2n) is 7.20. The third-order valence-electron chi connectivity index (χ3n) is 5.17. The monoisotopic (exact) mass is 286 g/mol. The smallest absolute Gasteiger partial charge is 0.0343 e. The van der Waals surface area contributed by atoms with E-state index >= 15 is 0 Å². The standard InChI is InChI=1S/C19H30N2/c1-16-6-4-7-17(12-16)14-20-19-9-5-8-18(13-19)15-21-10-2-3-11-21/h5,8-9,13,16-17,20H,2-4,6-7,10-12,14-15H2,1H3. The molecular formula is C19H30N2. The van der Waals surface area contributed by atoms with Gasteiger partial charge in [0.25, 0.3) is 0 Å². The summed E-state index contributed by atoms with van der Waals surface area (Å²) in [4.78, 5) is 2.57. The molecule has 1 aliphatic heterocycles. The minimum Gasteiger partial charge on any atom is -0.385 e. The van der Waals surface area contributed by atoms with Crippen molar-refractivity contribution in [2.75, 3.05) is 25.0 Å². The number of hydrogen-bond donors (Lipinski definition) is 1. The Hall–Kier alpha value is -1.02. The van der Waals surface area contributed by atoms with Gasteiger partial charge in [-0.15, -0.1) is 0 Å². The normalized spacial score (nSPS) is 26.9. The summed E-state index contributed by atoms with van der Waals surface area (Å²) in [5.74, 6) is 1.79. The number of nitrogens with one attached hydrogen (secondary N) is 1. The summed E-state index contributed by atoms with van der Waals surface area (Å²) in [6.07, 6.45) is 8.41. The molecule has 2 aliphatic rings. The average molecular weight is 286 g/mol. The van der Waals surface area contributed by atoms with Crippen LogP contribution in [0.2, 0.25) is 0 Å². The van der Waals surface area contributed by atoms with Gasteiger partial charge in [-0.2, -0.15) is 0 Å². The molecule has 2 fully saturated rings. The van der Waals surface area contributed by atoms with E-state index in [9.17, 15) is 0 Å². The van der Waals surface area contributed by atoms with Crippen LogP contribution in [-0.4, -0.2) is 24.5 Å². The average Bonchev–Trinajstić information content (AvgIpc) is 2.99. The molecule has 3 rings (SSSR count). The lowest BCUT2D eigenvalue weighted by Gasteiger charge is -2.27. The molecule has 1 N–H and O–H groups in total. The van der Waals surface area contributed by atoms with E-state index in [1.54, 1.807) is 0 Å². The van der Waals surface area contributed by atoms with E-state index in [1.807, 2.05) is 0 Å². The SMILES string of the molecule is CC1CCCC(CNc2cccc(CN3CCCC3)c2)C1. The predicted molar refractivity (Wildman–Crippen MR) is 90.6 cm³/mol. The van der Waals surface area contributed by atoms with E-state index in [2.05, 4.69) is 41.4 Å². The van der Waals surface area contributed by atoms with Crippen molar-refractivity contribution in [2.24, 2.45) is 11.8 Å². The van der Waals surface area contributed by atoms with Crippen molar-refractivity contribution in [2.45, 2.75) is 52.0 Å². The number of hydrogen-bond acceptors (Lipinski definition) is 2. The van der Waals surface area contributed by atoms with Crippen LogP contribution in [0, 0.1) is 11.8 Å². The van der Waals surface area contributed by atoms with Gasteiger partial charge in [-0.25, -0.2) is 0 Å². The highest BCUT2D eigenvalue weighted by Crippen LogP contribution is 2.28. The molecule has 1 saturated heterocycles. The van der Waals surface area contributed by atoms with Crippen molar-refractivity contribution < 1.29 is 0 Å². The molecule has 0 bridgehead atoms. The summed E-state index contributed by atoms with van der Waals surface area (Å²) < 4.78 is 0. The van der Waals surface area contributed by atoms with Gasteiger partial charge in [0.05, 0.1) is 0 Å². The van der Waals surface area contributed by atoms with Gasteiger partial charge in [-0.1, -0.05) is 31.9 Å². The van der Waals surface area contributed by atoms with Crippen molar-refractivity contribution >= 4 is 5.69 Å². The molecule has 1 heterocycles. The lowest BCUT2D eigenvalue weighted by molar-refractivity contribution is 0.293. The predicted octanol–water partition coefficient (Wildman–Crippen LogP) is 4.52. The Labute approximate surface area is 129 Å². The van der Waals surface area contributed by atoms with Crippen molar-refractivity contribution in [3.05, 3.63) is 29.8 Å². The molecule has 21 heavy (non-hydrogen) atoms. The van der Waals surface area contributed by atoms with E-state index < -0.39 is 0 Å². The maximum atomic E-state index is 3.68. The molecule has 2 unspecified atom stereocenters. The topological polar surface area (TPSA) is 15.3 Å². The Morgan fingerprint density at radius 2 is 2.00 bits per heavy atom. The number of anilines is 1. The zero-order chi connectivity index (χ0) is 14.5. The summed E-state index contributed by atoms with van der Waals surface area (Å²) in [5, 5.41) is 3.68. The first-order valence-corrected chi connectivity index (χ1v) is 8.85. The molecule has 1 aliphatic carbocycles. The Kier molecular flexibility index (Phi) is 5.18. The van der Waals surface area contributed by atoms with Gasteiger partial charge in [-0.3, -0.25) is 4.90 Å². The Bertz CT molecular complexity index is 437. The first-order valence-electron chi connectivity index (χ1n) is 8.85. The van der Waals surface area contributed by atoms with E-state index in [0.717, 1.165) is 24.9 Å². The van der Waals surface area contributed by atoms with Crippen LogP contribution in [0.3, 0.4) is 0 Å². The van der Waals surface area contributed by atoms with Crippen molar-refractivity contribution in [1.82, 2.24) is 4.90 Å². The second-order valence-corrected chi connectivity index (χ2v) is 7.20. The third-order valence-corrected chi connectivity index (χ3v) is 5.17. The molecule has 1 saturated carbocycles. The number of nitrogens with zero attached hydrogens (tertiary/aromatic N) is 1. The molecular weight excluding hydrogens is 256 g/mol. The van der Waals surface area contributed by atoms with E-state index in [0.29, 0.717) is 0 Å². The minimum atomic E-state index is 0.871. The molecule has 1 aromatic carbocycles. The van der Waals surface area contributed by atoms with Crippen molar-refractivity contribution in [3.63, 3.8) is 0 Å². The van der Waals surface area contributed by atoms with Crippen LogP contribution in [0.1, 0.15) is 51.0 Å². The molecule has 0 spiro atoms. The maximum Gasteiger partial charge on any atom is 0.0343 e. The third kappa shape index (κ3) is 4.47. The van der Waals surface area contributed by atoms with Crippen LogP contribution in [0.15, 0.2) is 24.3 Å². The van der Waals surface area contributed by atoms with Crippen LogP contribution in [-0.2, 0) is 6.54 Å². The van der Waals surface area contributed by atoms with E-state index in [1.165, 1.54) is 62.9 Å². The van der Waals surface area contributed by atoms with Gasteiger partial charge in [0, 0.05) is 18.8 Å². The van der Waals surface area contributed by atoms with Crippen LogP contribution < -0.4 is 5.32 Å². The fraction of sp³-hybridized carbons (Fsp3) is 0.684. The van der Waals surface area contributed by atoms with Gasteiger partial charge in [0.2, 0.25) is 0 Å². The Morgan fingerprint density at radius 1 is 1.14 bits per heavy atom. The largest absolute Gasteiger partial charge is 0.385 e. The number of likely N-dealkylation sites (tertiary alicyclic amines) is 1. The van der Waals surface area contributed by atoms with Gasteiger partial charge < -0.3 is 5.32 Å². The lowest BCUT2D eigenvalue weighted by atomic mass is 9.82. The molecule has 0 aromatic heterocycles. The summed E-state index contributed by atoms with van der Waals surface area (Å²) in [7, 11) is 0. The molecule has 1 aromatic rings. The van der Waals surface area contributed by atoms with Gasteiger partial charge in [0.15, 0.2) is 0 Å². The van der Waals surface area contributed by atoms with Crippen LogP contribution in [0.5, 0.6) is 0 Å². The summed E-state index contributed by atoms with van der Waals surface area (Å²) in [6.45, 7) is 7.23. The summed E-state index contributed by atoms with van der Waals surface area (Å²) >= 11 is 0. The Balaban J connectivity index is 1.50. The van der Waals surface area contributed by atoms with Gasteiger partial charge >= 0.3 is 0 Å². The molecule has 2 atom stereocenters. The highest BCUT2D eigenvalue weighted by atomic mass is 15.1. The Morgan fingerprint density at radius 3 is 2.81 bits per heavy atom. The van der Waals surface area contributed by atoms with Gasteiger partial charge in [0.1, 0.15) is 0 Å². The lowest BCUT2D eigenvalue weighted by Crippen LogP contribution is -2.21. The molecule has 2 nitrogen and oxygen atoms in total. The quantitative estimate of drug-likeness (QED) is 0.856. The van der Waals surface area contributed by atoms with Crippen LogP contribution in [0.4, 0.5) is 5.69 Å². The second kappa shape index (κ2) is 7.31. The van der Waals surface area contributed by atoms with Crippen molar-refractivity contribution in [3.8, 4) is 0 Å². The van der Waals surface area contributed by atoms with E-state index in [4.69, 9.17) is 0 Å². The molecule has 116 valence electrons. The number of benzene rings is 1. The minimum absolute atomic E-state index is 0.871. The summed E-state index contributed by atoms with van der Waals surface area (Å²) in [5.41, 5.74) is 2.77. The first kappa shape index (κ1) is 14.9. The van der Waals surface area contributed by atoms with E-state index in [-0.39, 0.29) is 0 Å². The fourth-order valence-corrected chi connectivity index (χ4v) is 3.99. The zero-order valence-corrected chi connectivity index (χ0v) is 13.5. The maximum absolute atomic E-state index is 3.68. The van der Waals surface area contributed by atoms with Crippen LogP contribution in [0.25, 0.3) is 0 Å². The molecule has 2 heteroatoms. The molecule has 0 amide bonds. The fourth-order valence-electron chi connectivity index (χ4n) is 3.99. The van der Waals surface area contributed by atoms with Gasteiger partial charge in [-0.05, 0) is 68.3 Å². The first-order chi connectivity index (χ1) is 10.3. The summed E-state index contributed by atoms with van der Waals surface area (Å²) in [6, 6.07) is 9.05.